The van der Waals surface area contributed by atoms with Gasteiger partial charge in [0.2, 0.25) is 5.95 Å². The van der Waals surface area contributed by atoms with Gasteiger partial charge >= 0.3 is 0 Å². The van der Waals surface area contributed by atoms with E-state index in [-0.39, 0.29) is 0 Å². The highest BCUT2D eigenvalue weighted by atomic mass is 15.3. The summed E-state index contributed by atoms with van der Waals surface area (Å²) in [6.45, 7) is 6.76. The monoisotopic (exact) mass is 260 g/mol. The van der Waals surface area contributed by atoms with Crippen molar-refractivity contribution >= 4 is 11.8 Å². The summed E-state index contributed by atoms with van der Waals surface area (Å²) < 4.78 is 1.90. The number of aryl methyl sites for hydroxylation is 3. The Labute approximate surface area is 113 Å². The second-order valence-corrected chi connectivity index (χ2v) is 4.59. The summed E-state index contributed by atoms with van der Waals surface area (Å²) in [5.74, 6) is 1.45. The van der Waals surface area contributed by atoms with Crippen LogP contribution >= 0.6 is 0 Å². The molecule has 0 spiro atoms. The van der Waals surface area contributed by atoms with E-state index < -0.39 is 0 Å². The van der Waals surface area contributed by atoms with Crippen molar-refractivity contribution in [2.24, 2.45) is 7.05 Å². The first-order valence-electron chi connectivity index (χ1n) is 6.27. The molecule has 2 aromatic heterocycles. The molecule has 19 heavy (non-hydrogen) atoms. The van der Waals surface area contributed by atoms with Crippen molar-refractivity contribution in [2.45, 2.75) is 27.3 Å². The zero-order valence-corrected chi connectivity index (χ0v) is 12.1. The molecule has 0 aromatic carbocycles. The smallest absolute Gasteiger partial charge is 0.224 e. The molecule has 6 nitrogen and oxygen atoms in total. The summed E-state index contributed by atoms with van der Waals surface area (Å²) in [4.78, 5) is 8.64. The van der Waals surface area contributed by atoms with E-state index >= 15 is 0 Å². The number of aromatic nitrogens is 4. The Hall–Kier alpha value is -2.11. The highest BCUT2D eigenvalue weighted by molar-refractivity contribution is 5.43. The van der Waals surface area contributed by atoms with Crippen LogP contribution in [0.3, 0.4) is 0 Å². The predicted octanol–water partition coefficient (Wildman–Crippen LogP) is 1.79. The fraction of sp³-hybridized carbons (Fsp3) is 0.462. The summed E-state index contributed by atoms with van der Waals surface area (Å²) in [6, 6.07) is 1.93. The average molecular weight is 260 g/mol. The van der Waals surface area contributed by atoms with Gasteiger partial charge < -0.3 is 10.6 Å². The van der Waals surface area contributed by atoms with Gasteiger partial charge in [0.1, 0.15) is 5.82 Å². The molecule has 0 aliphatic rings. The SMILES string of the molecule is CNc1nc(C)cc(NCc2c(C)nn(C)c2C)n1. The van der Waals surface area contributed by atoms with Gasteiger partial charge in [-0.1, -0.05) is 0 Å². The second kappa shape index (κ2) is 5.26. The molecule has 0 fully saturated rings. The van der Waals surface area contributed by atoms with Crippen LogP contribution in [0.5, 0.6) is 0 Å². The quantitative estimate of drug-likeness (QED) is 0.877. The molecule has 6 heteroatoms. The van der Waals surface area contributed by atoms with Crippen LogP contribution in [0.15, 0.2) is 6.07 Å². The van der Waals surface area contributed by atoms with E-state index in [4.69, 9.17) is 0 Å². The van der Waals surface area contributed by atoms with Crippen LogP contribution in [0.2, 0.25) is 0 Å². The molecule has 0 saturated heterocycles. The minimum Gasteiger partial charge on any atom is -0.366 e. The number of hydrogen-bond acceptors (Lipinski definition) is 5. The van der Waals surface area contributed by atoms with E-state index in [0.29, 0.717) is 12.5 Å². The Morgan fingerprint density at radius 2 is 1.95 bits per heavy atom. The Kier molecular flexibility index (Phi) is 3.69. The molecule has 0 saturated carbocycles. The third-order valence-corrected chi connectivity index (χ3v) is 3.18. The van der Waals surface area contributed by atoms with Gasteiger partial charge in [0, 0.05) is 43.7 Å². The lowest BCUT2D eigenvalue weighted by Gasteiger charge is -2.08. The Morgan fingerprint density at radius 3 is 2.53 bits per heavy atom. The van der Waals surface area contributed by atoms with Gasteiger partial charge in [0.15, 0.2) is 0 Å². The average Bonchev–Trinajstić information content (AvgIpc) is 2.60. The predicted molar refractivity (Wildman–Crippen MR) is 76.3 cm³/mol. The largest absolute Gasteiger partial charge is 0.366 e. The first kappa shape index (κ1) is 13.3. The fourth-order valence-corrected chi connectivity index (χ4v) is 2.02. The van der Waals surface area contributed by atoms with Crippen molar-refractivity contribution in [3.63, 3.8) is 0 Å². The fourth-order valence-electron chi connectivity index (χ4n) is 2.02. The van der Waals surface area contributed by atoms with Crippen LogP contribution in [-0.4, -0.2) is 26.8 Å². The van der Waals surface area contributed by atoms with E-state index in [2.05, 4.69) is 32.6 Å². The van der Waals surface area contributed by atoms with Crippen LogP contribution in [0, 0.1) is 20.8 Å². The van der Waals surface area contributed by atoms with E-state index in [1.807, 2.05) is 38.7 Å². The van der Waals surface area contributed by atoms with E-state index in [1.54, 1.807) is 0 Å². The molecule has 0 unspecified atom stereocenters. The molecular formula is C13H20N6. The third kappa shape index (κ3) is 2.83. The maximum Gasteiger partial charge on any atom is 0.224 e. The van der Waals surface area contributed by atoms with Crippen LogP contribution < -0.4 is 10.6 Å². The van der Waals surface area contributed by atoms with Gasteiger partial charge in [-0.3, -0.25) is 4.68 Å². The molecule has 2 aromatic rings. The zero-order valence-electron chi connectivity index (χ0n) is 12.1. The number of nitrogens with one attached hydrogen (secondary N) is 2. The van der Waals surface area contributed by atoms with Gasteiger partial charge in [-0.25, -0.2) is 4.98 Å². The van der Waals surface area contributed by atoms with Crippen molar-refractivity contribution in [3.05, 3.63) is 28.7 Å². The first-order valence-corrected chi connectivity index (χ1v) is 6.27. The highest BCUT2D eigenvalue weighted by Crippen LogP contribution is 2.15. The van der Waals surface area contributed by atoms with Crippen molar-refractivity contribution in [1.82, 2.24) is 19.7 Å². The Bertz CT molecular complexity index is 587. The van der Waals surface area contributed by atoms with E-state index in [1.165, 1.54) is 11.3 Å². The summed E-state index contributed by atoms with van der Waals surface area (Å²) in [5.41, 5.74) is 4.36. The van der Waals surface area contributed by atoms with Crippen molar-refractivity contribution < 1.29 is 0 Å². The van der Waals surface area contributed by atoms with Crippen LogP contribution in [0.4, 0.5) is 11.8 Å². The van der Waals surface area contributed by atoms with Gasteiger partial charge in [0.05, 0.1) is 5.69 Å². The van der Waals surface area contributed by atoms with E-state index in [9.17, 15) is 0 Å². The molecule has 102 valence electrons. The van der Waals surface area contributed by atoms with Crippen LogP contribution in [0.25, 0.3) is 0 Å². The number of rotatable bonds is 4. The second-order valence-electron chi connectivity index (χ2n) is 4.59. The van der Waals surface area contributed by atoms with Gasteiger partial charge in [-0.2, -0.15) is 10.1 Å². The maximum atomic E-state index is 4.41. The maximum absolute atomic E-state index is 4.41. The summed E-state index contributed by atoms with van der Waals surface area (Å²) in [5, 5.41) is 10.7. The topological polar surface area (TPSA) is 67.7 Å². The summed E-state index contributed by atoms with van der Waals surface area (Å²) in [6.07, 6.45) is 0. The first-order chi connectivity index (χ1) is 9.01. The normalized spacial score (nSPS) is 10.6. The van der Waals surface area contributed by atoms with Crippen molar-refractivity contribution in [2.75, 3.05) is 17.7 Å². The number of hydrogen-bond donors (Lipinski definition) is 2. The van der Waals surface area contributed by atoms with Crippen LogP contribution in [0.1, 0.15) is 22.6 Å². The van der Waals surface area contributed by atoms with Crippen molar-refractivity contribution in [1.29, 1.82) is 0 Å². The number of anilines is 2. The van der Waals surface area contributed by atoms with Gasteiger partial charge in [-0.15, -0.1) is 0 Å². The zero-order chi connectivity index (χ0) is 14.0. The lowest BCUT2D eigenvalue weighted by Crippen LogP contribution is -2.06. The molecule has 0 aliphatic heterocycles. The van der Waals surface area contributed by atoms with E-state index in [0.717, 1.165) is 17.2 Å². The molecule has 2 N–H and O–H groups in total. The molecule has 0 bridgehead atoms. The van der Waals surface area contributed by atoms with Gasteiger partial charge in [-0.05, 0) is 20.8 Å². The number of nitrogens with zero attached hydrogens (tertiary/aromatic N) is 4. The molecule has 0 atom stereocenters. The van der Waals surface area contributed by atoms with Crippen LogP contribution in [-0.2, 0) is 13.6 Å². The van der Waals surface area contributed by atoms with Gasteiger partial charge in [0.25, 0.3) is 0 Å². The Balaban J connectivity index is 2.16. The Morgan fingerprint density at radius 1 is 1.21 bits per heavy atom. The summed E-state index contributed by atoms with van der Waals surface area (Å²) in [7, 11) is 3.77. The summed E-state index contributed by atoms with van der Waals surface area (Å²) >= 11 is 0. The minimum absolute atomic E-state index is 0.627. The molecule has 0 radical (unpaired) electrons. The van der Waals surface area contributed by atoms with Crippen molar-refractivity contribution in [3.8, 4) is 0 Å². The molecule has 2 heterocycles. The lowest BCUT2D eigenvalue weighted by atomic mass is 10.2. The standard InChI is InChI=1S/C13H20N6/c1-8-6-12(17-13(14-4)16-8)15-7-11-9(2)18-19(5)10(11)3/h6H,7H2,1-5H3,(H2,14,15,16,17). The highest BCUT2D eigenvalue weighted by Gasteiger charge is 2.09. The minimum atomic E-state index is 0.627. The molecule has 0 amide bonds. The molecular weight excluding hydrogens is 240 g/mol. The third-order valence-electron chi connectivity index (χ3n) is 3.18. The lowest BCUT2D eigenvalue weighted by molar-refractivity contribution is 0.730. The molecule has 0 aliphatic carbocycles. The molecule has 2 rings (SSSR count).